The quantitative estimate of drug-likeness (QED) is 0.721. The van der Waals surface area contributed by atoms with Crippen molar-refractivity contribution in [2.75, 3.05) is 17.7 Å². The number of anilines is 1. The first-order valence-corrected chi connectivity index (χ1v) is 9.88. The highest BCUT2D eigenvalue weighted by atomic mass is 32.2. The molecule has 6 nitrogen and oxygen atoms in total. The van der Waals surface area contributed by atoms with Gasteiger partial charge in [0.05, 0.1) is 11.0 Å². The molecule has 3 aromatic rings. The summed E-state index contributed by atoms with van der Waals surface area (Å²) in [5.41, 5.74) is 3.24. The van der Waals surface area contributed by atoms with Crippen LogP contribution >= 0.6 is 0 Å². The Morgan fingerprint density at radius 2 is 1.84 bits per heavy atom. The maximum absolute atomic E-state index is 12.9. The molecule has 0 bridgehead atoms. The fourth-order valence-electron chi connectivity index (χ4n) is 3.31. The standard InChI is InChI=1S/C18H17N3O3S/c1-25(23,24)18-19-14-7-3-5-9-16(14)21(18)12-17(22)20-11-10-13-6-2-4-8-15(13)20/h2-9H,10-12H2,1H3. The van der Waals surface area contributed by atoms with Crippen molar-refractivity contribution in [1.29, 1.82) is 0 Å². The second-order valence-electron chi connectivity index (χ2n) is 6.17. The predicted octanol–water partition coefficient (Wildman–Crippen LogP) is 2.03. The van der Waals surface area contributed by atoms with E-state index in [0.717, 1.165) is 23.9 Å². The molecule has 4 rings (SSSR count). The first kappa shape index (κ1) is 15.8. The molecule has 25 heavy (non-hydrogen) atoms. The minimum Gasteiger partial charge on any atom is -0.310 e. The van der Waals surface area contributed by atoms with Gasteiger partial charge in [-0.2, -0.15) is 0 Å². The van der Waals surface area contributed by atoms with Crippen LogP contribution in [0.15, 0.2) is 53.7 Å². The van der Waals surface area contributed by atoms with E-state index in [1.54, 1.807) is 23.1 Å². The molecular weight excluding hydrogens is 338 g/mol. The molecule has 128 valence electrons. The number of aromatic nitrogens is 2. The Morgan fingerprint density at radius 3 is 2.64 bits per heavy atom. The van der Waals surface area contributed by atoms with Crippen LogP contribution in [0, 0.1) is 0 Å². The van der Waals surface area contributed by atoms with E-state index < -0.39 is 9.84 Å². The van der Waals surface area contributed by atoms with Crippen LogP contribution in [-0.2, 0) is 27.6 Å². The number of benzene rings is 2. The molecule has 0 unspecified atom stereocenters. The third-order valence-corrected chi connectivity index (χ3v) is 5.41. The molecule has 1 aliphatic rings. The molecule has 0 aliphatic carbocycles. The third-order valence-electron chi connectivity index (χ3n) is 4.43. The minimum absolute atomic E-state index is 0.0583. The Hall–Kier alpha value is -2.67. The summed E-state index contributed by atoms with van der Waals surface area (Å²) in [6.07, 6.45) is 1.92. The molecule has 0 atom stereocenters. The number of amides is 1. The van der Waals surface area contributed by atoms with Crippen LogP contribution in [0.5, 0.6) is 0 Å². The summed E-state index contributed by atoms with van der Waals surface area (Å²) in [4.78, 5) is 18.8. The maximum atomic E-state index is 12.9. The van der Waals surface area contributed by atoms with Gasteiger partial charge in [0, 0.05) is 18.5 Å². The van der Waals surface area contributed by atoms with Gasteiger partial charge in [0.1, 0.15) is 6.54 Å². The monoisotopic (exact) mass is 355 g/mol. The van der Waals surface area contributed by atoms with Gasteiger partial charge in [-0.1, -0.05) is 30.3 Å². The van der Waals surface area contributed by atoms with Crippen molar-refractivity contribution in [1.82, 2.24) is 9.55 Å². The number of imidazole rings is 1. The summed E-state index contributed by atoms with van der Waals surface area (Å²) in [5.74, 6) is -0.141. The summed E-state index contributed by atoms with van der Waals surface area (Å²) >= 11 is 0. The number of carbonyl (C=O) groups is 1. The number of rotatable bonds is 3. The van der Waals surface area contributed by atoms with Gasteiger partial charge >= 0.3 is 0 Å². The predicted molar refractivity (Wildman–Crippen MR) is 95.3 cm³/mol. The van der Waals surface area contributed by atoms with E-state index in [4.69, 9.17) is 0 Å². The lowest BCUT2D eigenvalue weighted by Gasteiger charge is -2.18. The van der Waals surface area contributed by atoms with Crippen LogP contribution in [0.3, 0.4) is 0 Å². The van der Waals surface area contributed by atoms with Crippen molar-refractivity contribution in [3.05, 3.63) is 54.1 Å². The molecule has 0 spiro atoms. The van der Waals surface area contributed by atoms with Gasteiger partial charge in [-0.3, -0.25) is 4.79 Å². The van der Waals surface area contributed by atoms with Crippen LogP contribution < -0.4 is 4.90 Å². The molecule has 0 radical (unpaired) electrons. The Bertz CT molecular complexity index is 1090. The second-order valence-corrected chi connectivity index (χ2v) is 8.07. The number of hydrogen-bond acceptors (Lipinski definition) is 4. The third kappa shape index (κ3) is 2.70. The highest BCUT2D eigenvalue weighted by molar-refractivity contribution is 7.90. The zero-order chi connectivity index (χ0) is 17.6. The van der Waals surface area contributed by atoms with E-state index in [1.807, 2.05) is 30.3 Å². The van der Waals surface area contributed by atoms with Crippen molar-refractivity contribution in [3.8, 4) is 0 Å². The molecule has 7 heteroatoms. The average molecular weight is 355 g/mol. The summed E-state index contributed by atoms with van der Waals surface area (Å²) < 4.78 is 25.7. The largest absolute Gasteiger partial charge is 0.310 e. The van der Waals surface area contributed by atoms with Crippen LogP contribution in [0.4, 0.5) is 5.69 Å². The van der Waals surface area contributed by atoms with Crippen molar-refractivity contribution >= 4 is 32.5 Å². The number of para-hydroxylation sites is 3. The van der Waals surface area contributed by atoms with Crippen LogP contribution in [0.1, 0.15) is 5.56 Å². The first-order chi connectivity index (χ1) is 11.9. The van der Waals surface area contributed by atoms with Crippen LogP contribution in [-0.4, -0.2) is 36.7 Å². The van der Waals surface area contributed by atoms with E-state index in [1.165, 1.54) is 4.57 Å². The summed E-state index contributed by atoms with van der Waals surface area (Å²) in [6.45, 7) is 0.552. The van der Waals surface area contributed by atoms with E-state index in [0.29, 0.717) is 17.6 Å². The van der Waals surface area contributed by atoms with Gasteiger partial charge < -0.3 is 9.47 Å². The Balaban J connectivity index is 1.75. The normalized spacial score (nSPS) is 14.0. The van der Waals surface area contributed by atoms with Gasteiger partial charge in [0.15, 0.2) is 0 Å². The van der Waals surface area contributed by atoms with Crippen molar-refractivity contribution in [3.63, 3.8) is 0 Å². The SMILES string of the molecule is CS(=O)(=O)c1nc2ccccc2n1CC(=O)N1CCc2ccccc21. The number of carbonyl (C=O) groups excluding carboxylic acids is 1. The van der Waals surface area contributed by atoms with Gasteiger partial charge in [-0.15, -0.1) is 0 Å². The van der Waals surface area contributed by atoms with E-state index >= 15 is 0 Å². The number of sulfone groups is 1. The molecule has 1 amide bonds. The molecule has 2 heterocycles. The molecular formula is C18H17N3O3S. The highest BCUT2D eigenvalue weighted by Gasteiger charge is 2.27. The number of nitrogens with zero attached hydrogens (tertiary/aromatic N) is 3. The zero-order valence-electron chi connectivity index (χ0n) is 13.7. The van der Waals surface area contributed by atoms with Gasteiger partial charge in [0.25, 0.3) is 0 Å². The molecule has 1 aliphatic heterocycles. The van der Waals surface area contributed by atoms with Gasteiger partial charge in [0.2, 0.25) is 20.9 Å². The summed E-state index contributed by atoms with van der Waals surface area (Å²) in [5, 5.41) is -0.0745. The smallest absolute Gasteiger partial charge is 0.247 e. The maximum Gasteiger partial charge on any atom is 0.247 e. The lowest BCUT2D eigenvalue weighted by molar-refractivity contribution is -0.119. The molecule has 0 saturated heterocycles. The highest BCUT2D eigenvalue weighted by Crippen LogP contribution is 2.28. The molecule has 0 fully saturated rings. The van der Waals surface area contributed by atoms with Gasteiger partial charge in [-0.05, 0) is 30.2 Å². The lowest BCUT2D eigenvalue weighted by atomic mass is 10.2. The van der Waals surface area contributed by atoms with Gasteiger partial charge in [-0.25, -0.2) is 13.4 Å². The number of hydrogen-bond donors (Lipinski definition) is 0. The molecule has 1 aromatic heterocycles. The first-order valence-electron chi connectivity index (χ1n) is 7.99. The fourth-order valence-corrected chi connectivity index (χ4v) is 4.13. The second kappa shape index (κ2) is 5.70. The topological polar surface area (TPSA) is 72.3 Å². The molecule has 2 aromatic carbocycles. The van der Waals surface area contributed by atoms with Crippen molar-refractivity contribution in [2.45, 2.75) is 18.1 Å². The van der Waals surface area contributed by atoms with Crippen LogP contribution in [0.25, 0.3) is 11.0 Å². The lowest BCUT2D eigenvalue weighted by Crippen LogP contribution is -2.32. The van der Waals surface area contributed by atoms with Crippen molar-refractivity contribution < 1.29 is 13.2 Å². The number of fused-ring (bicyclic) bond motifs is 2. The van der Waals surface area contributed by atoms with E-state index in [2.05, 4.69) is 4.98 Å². The Labute approximate surface area is 145 Å². The van der Waals surface area contributed by atoms with Crippen LogP contribution in [0.2, 0.25) is 0 Å². The average Bonchev–Trinajstić information content (AvgIpc) is 3.16. The minimum atomic E-state index is -3.54. The Morgan fingerprint density at radius 1 is 1.12 bits per heavy atom. The van der Waals surface area contributed by atoms with E-state index in [-0.39, 0.29) is 17.6 Å². The summed E-state index contributed by atoms with van der Waals surface area (Å²) in [7, 11) is -3.54. The summed E-state index contributed by atoms with van der Waals surface area (Å²) in [6, 6.07) is 14.9. The van der Waals surface area contributed by atoms with Crippen molar-refractivity contribution in [2.24, 2.45) is 0 Å². The molecule has 0 N–H and O–H groups in total. The Kier molecular flexibility index (Phi) is 3.61. The fraction of sp³-hybridized carbons (Fsp3) is 0.222. The molecule has 0 saturated carbocycles. The van der Waals surface area contributed by atoms with E-state index in [9.17, 15) is 13.2 Å². The zero-order valence-corrected chi connectivity index (χ0v) is 14.5.